The molecule has 31 heavy (non-hydrogen) atoms. The predicted molar refractivity (Wildman–Crippen MR) is 114 cm³/mol. The lowest BCUT2D eigenvalue weighted by atomic mass is 10.1. The lowest BCUT2D eigenvalue weighted by Gasteiger charge is -2.34. The first-order chi connectivity index (χ1) is 14.8. The molecule has 9 nitrogen and oxygen atoms in total. The van der Waals surface area contributed by atoms with E-state index in [1.807, 2.05) is 19.1 Å². The number of para-hydroxylation sites is 2. The molecule has 0 aliphatic carbocycles. The first-order valence-corrected chi connectivity index (χ1v) is 11.1. The van der Waals surface area contributed by atoms with Crippen LogP contribution in [-0.2, 0) is 10.0 Å². The maximum absolute atomic E-state index is 13.3. The van der Waals surface area contributed by atoms with Crippen molar-refractivity contribution >= 4 is 32.5 Å². The van der Waals surface area contributed by atoms with Gasteiger partial charge in [0.05, 0.1) is 10.4 Å². The van der Waals surface area contributed by atoms with Gasteiger partial charge in [-0.2, -0.15) is 4.31 Å². The molecule has 0 bridgehead atoms. The number of pyridine rings is 1. The Morgan fingerprint density at radius 2 is 1.77 bits per heavy atom. The Morgan fingerprint density at radius 1 is 1.06 bits per heavy atom. The Hall–Kier alpha value is -3.37. The van der Waals surface area contributed by atoms with Crippen molar-refractivity contribution in [3.05, 3.63) is 76.0 Å². The van der Waals surface area contributed by atoms with Gasteiger partial charge in [0.25, 0.3) is 11.6 Å². The number of benzene rings is 2. The van der Waals surface area contributed by atoms with Crippen LogP contribution in [-0.4, -0.2) is 59.6 Å². The third-order valence-corrected chi connectivity index (χ3v) is 7.22. The summed E-state index contributed by atoms with van der Waals surface area (Å²) in [4.78, 5) is 29.3. The van der Waals surface area contributed by atoms with Crippen molar-refractivity contribution in [3.8, 4) is 0 Å². The molecular formula is C21H20N4O5S. The predicted octanol–water partition coefficient (Wildman–Crippen LogP) is 2.60. The van der Waals surface area contributed by atoms with Crippen molar-refractivity contribution in [3.63, 3.8) is 0 Å². The number of hydrogen-bond donors (Lipinski definition) is 0. The molecule has 2 heterocycles. The van der Waals surface area contributed by atoms with Crippen molar-refractivity contribution in [1.29, 1.82) is 0 Å². The number of nitrogens with zero attached hydrogens (tertiary/aromatic N) is 4. The molecule has 0 radical (unpaired) electrons. The molecule has 160 valence electrons. The van der Waals surface area contributed by atoms with Crippen molar-refractivity contribution in [1.82, 2.24) is 14.2 Å². The molecule has 1 fully saturated rings. The van der Waals surface area contributed by atoms with Gasteiger partial charge in [-0.1, -0.05) is 24.3 Å². The highest BCUT2D eigenvalue weighted by Gasteiger charge is 2.33. The molecular weight excluding hydrogens is 420 g/mol. The van der Waals surface area contributed by atoms with Crippen LogP contribution in [0.3, 0.4) is 0 Å². The first-order valence-electron chi connectivity index (χ1n) is 9.67. The number of aryl methyl sites for hydroxylation is 1. The summed E-state index contributed by atoms with van der Waals surface area (Å²) in [5, 5.41) is 12.0. The Labute approximate surface area is 179 Å². The fourth-order valence-corrected chi connectivity index (χ4v) is 5.29. The second-order valence-corrected chi connectivity index (χ2v) is 9.22. The standard InChI is InChI=1S/C21H20N4O5S/c1-15-13-16-5-4-8-19(20(16)22-14-15)31(29,30)24-11-9-23(10-12-24)21(26)17-6-2-3-7-18(17)25(27)28/h2-8,13-14H,9-12H2,1H3. The molecule has 1 saturated heterocycles. The number of fused-ring (bicyclic) bond motifs is 1. The van der Waals surface area contributed by atoms with Gasteiger partial charge < -0.3 is 4.90 Å². The minimum Gasteiger partial charge on any atom is -0.336 e. The van der Waals surface area contributed by atoms with E-state index < -0.39 is 20.9 Å². The maximum Gasteiger partial charge on any atom is 0.282 e. The van der Waals surface area contributed by atoms with Crippen molar-refractivity contribution in [2.24, 2.45) is 0 Å². The number of nitro benzene ring substituents is 1. The molecule has 2 aromatic carbocycles. The fraction of sp³-hybridized carbons (Fsp3) is 0.238. The number of aromatic nitrogens is 1. The van der Waals surface area contributed by atoms with Gasteiger partial charge in [-0.05, 0) is 30.7 Å². The molecule has 1 aromatic heterocycles. The van der Waals surface area contributed by atoms with E-state index in [-0.39, 0.29) is 42.3 Å². The van der Waals surface area contributed by atoms with Crippen LogP contribution in [0.5, 0.6) is 0 Å². The van der Waals surface area contributed by atoms with Gasteiger partial charge >= 0.3 is 0 Å². The van der Waals surface area contributed by atoms with Crippen LogP contribution >= 0.6 is 0 Å². The molecule has 0 spiro atoms. The first kappa shape index (κ1) is 20.9. The summed E-state index contributed by atoms with van der Waals surface area (Å²) in [5.74, 6) is -0.480. The van der Waals surface area contributed by atoms with E-state index in [0.29, 0.717) is 5.52 Å². The van der Waals surface area contributed by atoms with Crippen LogP contribution in [0, 0.1) is 17.0 Å². The second-order valence-electron chi connectivity index (χ2n) is 7.31. The van der Waals surface area contributed by atoms with E-state index in [2.05, 4.69) is 4.98 Å². The number of sulfonamides is 1. The second kappa shape index (κ2) is 8.05. The number of hydrogen-bond acceptors (Lipinski definition) is 6. The smallest absolute Gasteiger partial charge is 0.282 e. The summed E-state index contributed by atoms with van der Waals surface area (Å²) in [7, 11) is -3.81. The average Bonchev–Trinajstić information content (AvgIpc) is 2.78. The molecule has 1 aliphatic heterocycles. The van der Waals surface area contributed by atoms with Crippen molar-refractivity contribution in [2.75, 3.05) is 26.2 Å². The normalized spacial score (nSPS) is 15.2. The Balaban J connectivity index is 1.55. The summed E-state index contributed by atoms with van der Waals surface area (Å²) >= 11 is 0. The lowest BCUT2D eigenvalue weighted by Crippen LogP contribution is -2.50. The molecule has 0 N–H and O–H groups in total. The quantitative estimate of drug-likeness (QED) is 0.455. The van der Waals surface area contributed by atoms with Crippen molar-refractivity contribution < 1.29 is 18.1 Å². The number of amides is 1. The Kier molecular flexibility index (Phi) is 5.42. The number of carbonyl (C=O) groups is 1. The molecule has 3 aromatic rings. The minimum atomic E-state index is -3.81. The highest BCUT2D eigenvalue weighted by atomic mass is 32.2. The zero-order valence-corrected chi connectivity index (χ0v) is 17.6. The van der Waals surface area contributed by atoms with Crippen LogP contribution < -0.4 is 0 Å². The molecule has 0 unspecified atom stereocenters. The summed E-state index contributed by atoms with van der Waals surface area (Å²) in [6.07, 6.45) is 1.63. The van der Waals surface area contributed by atoms with Gasteiger partial charge in [-0.15, -0.1) is 0 Å². The van der Waals surface area contributed by atoms with E-state index in [0.717, 1.165) is 10.9 Å². The van der Waals surface area contributed by atoms with E-state index in [9.17, 15) is 23.3 Å². The van der Waals surface area contributed by atoms with Gasteiger partial charge in [-0.25, -0.2) is 8.42 Å². The highest BCUT2D eigenvalue weighted by Crippen LogP contribution is 2.26. The Bertz CT molecular complexity index is 1280. The van der Waals surface area contributed by atoms with E-state index in [1.165, 1.54) is 33.5 Å². The van der Waals surface area contributed by atoms with Crippen LogP contribution in [0.1, 0.15) is 15.9 Å². The minimum absolute atomic E-state index is 0.00238. The summed E-state index contributed by atoms with van der Waals surface area (Å²) < 4.78 is 27.9. The number of nitro groups is 1. The molecule has 0 saturated carbocycles. The average molecular weight is 440 g/mol. The van der Waals surface area contributed by atoms with Crippen LogP contribution in [0.15, 0.2) is 59.6 Å². The zero-order valence-electron chi connectivity index (χ0n) is 16.8. The third kappa shape index (κ3) is 3.87. The number of carbonyl (C=O) groups excluding carboxylic acids is 1. The summed E-state index contributed by atoms with van der Waals surface area (Å²) in [5.41, 5.74) is 1.08. The lowest BCUT2D eigenvalue weighted by molar-refractivity contribution is -0.385. The van der Waals surface area contributed by atoms with Gasteiger partial charge in [0, 0.05) is 43.8 Å². The highest BCUT2D eigenvalue weighted by molar-refractivity contribution is 7.89. The van der Waals surface area contributed by atoms with E-state index in [1.54, 1.807) is 18.3 Å². The monoisotopic (exact) mass is 440 g/mol. The maximum atomic E-state index is 13.3. The SMILES string of the molecule is Cc1cnc2c(S(=O)(=O)N3CCN(C(=O)c4ccccc4[N+](=O)[O-])CC3)cccc2c1. The summed E-state index contributed by atoms with van der Waals surface area (Å²) in [6.45, 7) is 2.36. The van der Waals surface area contributed by atoms with Gasteiger partial charge in [0.2, 0.25) is 10.0 Å². The van der Waals surface area contributed by atoms with Gasteiger partial charge in [0.1, 0.15) is 10.5 Å². The largest absolute Gasteiger partial charge is 0.336 e. The van der Waals surface area contributed by atoms with Crippen LogP contribution in [0.2, 0.25) is 0 Å². The molecule has 1 aliphatic rings. The van der Waals surface area contributed by atoms with E-state index in [4.69, 9.17) is 0 Å². The topological polar surface area (TPSA) is 114 Å². The van der Waals surface area contributed by atoms with Gasteiger partial charge in [0.15, 0.2) is 0 Å². The van der Waals surface area contributed by atoms with E-state index >= 15 is 0 Å². The fourth-order valence-electron chi connectivity index (χ4n) is 3.71. The molecule has 4 rings (SSSR count). The zero-order chi connectivity index (χ0) is 22.2. The van der Waals surface area contributed by atoms with Crippen LogP contribution in [0.25, 0.3) is 10.9 Å². The molecule has 0 atom stereocenters. The Morgan fingerprint density at radius 3 is 2.48 bits per heavy atom. The third-order valence-electron chi connectivity index (χ3n) is 5.29. The van der Waals surface area contributed by atoms with Gasteiger partial charge in [-0.3, -0.25) is 19.9 Å². The van der Waals surface area contributed by atoms with Crippen molar-refractivity contribution in [2.45, 2.75) is 11.8 Å². The number of piperazine rings is 1. The summed E-state index contributed by atoms with van der Waals surface area (Å²) in [6, 6.07) is 12.7. The van der Waals surface area contributed by atoms with Crippen LogP contribution in [0.4, 0.5) is 5.69 Å². The molecule has 10 heteroatoms. The molecule has 1 amide bonds. The number of rotatable bonds is 4.